The van der Waals surface area contributed by atoms with Crippen LogP contribution in [0.1, 0.15) is 43.2 Å². The topological polar surface area (TPSA) is 92.4 Å². The summed E-state index contributed by atoms with van der Waals surface area (Å²) in [7, 11) is 0. The number of hydrogen-bond donors (Lipinski definition) is 2. The van der Waals surface area contributed by atoms with Crippen LogP contribution in [0.15, 0.2) is 4.52 Å². The zero-order chi connectivity index (χ0) is 15.1. The number of carboxylic acid groups (broad SMARTS) is 1. The number of carbonyl (C=O) groups is 2. The van der Waals surface area contributed by atoms with Gasteiger partial charge in [-0.15, -0.1) is 0 Å². The number of rotatable bonds is 8. The molecule has 0 fully saturated rings. The second-order valence-corrected chi connectivity index (χ2v) is 5.14. The lowest BCUT2D eigenvalue weighted by molar-refractivity contribution is -0.137. The Hall–Kier alpha value is -1.85. The molecule has 1 heterocycles. The summed E-state index contributed by atoms with van der Waals surface area (Å²) in [5.74, 6) is 0.0769. The fourth-order valence-corrected chi connectivity index (χ4v) is 1.95. The molecule has 6 nitrogen and oxygen atoms in total. The molecule has 0 spiro atoms. The lowest BCUT2D eigenvalue weighted by Gasteiger charge is -2.11. The molecule has 1 rings (SSSR count). The summed E-state index contributed by atoms with van der Waals surface area (Å²) in [6.45, 7) is 6.13. The Labute approximate surface area is 118 Å². The number of amides is 1. The van der Waals surface area contributed by atoms with E-state index in [2.05, 4.69) is 10.5 Å². The van der Waals surface area contributed by atoms with Gasteiger partial charge < -0.3 is 14.9 Å². The first-order valence-electron chi connectivity index (χ1n) is 6.80. The van der Waals surface area contributed by atoms with Crippen LogP contribution in [0.3, 0.4) is 0 Å². The van der Waals surface area contributed by atoms with Crippen LogP contribution in [-0.4, -0.2) is 28.7 Å². The summed E-state index contributed by atoms with van der Waals surface area (Å²) >= 11 is 0. The van der Waals surface area contributed by atoms with Gasteiger partial charge in [0.25, 0.3) is 0 Å². The van der Waals surface area contributed by atoms with Crippen molar-refractivity contribution < 1.29 is 19.2 Å². The van der Waals surface area contributed by atoms with E-state index in [0.717, 1.165) is 17.0 Å². The van der Waals surface area contributed by atoms with Gasteiger partial charge in [0.2, 0.25) is 5.91 Å². The second-order valence-electron chi connectivity index (χ2n) is 5.14. The van der Waals surface area contributed by atoms with E-state index < -0.39 is 5.97 Å². The first kappa shape index (κ1) is 16.2. The van der Waals surface area contributed by atoms with Gasteiger partial charge in [0, 0.05) is 24.9 Å². The molecule has 0 radical (unpaired) electrons. The summed E-state index contributed by atoms with van der Waals surface area (Å²) in [6.07, 6.45) is 1.70. The van der Waals surface area contributed by atoms with Crippen LogP contribution >= 0.6 is 0 Å². The molecule has 1 unspecified atom stereocenters. The van der Waals surface area contributed by atoms with Crippen molar-refractivity contribution in [3.05, 3.63) is 17.0 Å². The molecular formula is C14H22N2O4. The number of nitrogens with zero attached hydrogens (tertiary/aromatic N) is 1. The molecule has 6 heteroatoms. The minimum Gasteiger partial charge on any atom is -0.481 e. The first-order valence-corrected chi connectivity index (χ1v) is 6.80. The van der Waals surface area contributed by atoms with Crippen molar-refractivity contribution in [1.82, 2.24) is 10.5 Å². The van der Waals surface area contributed by atoms with Gasteiger partial charge >= 0.3 is 5.97 Å². The Bertz CT molecular complexity index is 448. The average molecular weight is 282 g/mol. The smallest absolute Gasteiger partial charge is 0.303 e. The van der Waals surface area contributed by atoms with E-state index in [1.807, 2.05) is 20.8 Å². The molecule has 2 N–H and O–H groups in total. The highest BCUT2D eigenvalue weighted by Crippen LogP contribution is 2.14. The van der Waals surface area contributed by atoms with E-state index >= 15 is 0 Å². The summed E-state index contributed by atoms with van der Waals surface area (Å²) in [4.78, 5) is 22.2. The van der Waals surface area contributed by atoms with Gasteiger partial charge in [-0.25, -0.2) is 0 Å². The van der Waals surface area contributed by atoms with Crippen LogP contribution < -0.4 is 5.32 Å². The van der Waals surface area contributed by atoms with E-state index in [-0.39, 0.29) is 18.2 Å². The maximum Gasteiger partial charge on any atom is 0.303 e. The van der Waals surface area contributed by atoms with E-state index in [4.69, 9.17) is 9.63 Å². The summed E-state index contributed by atoms with van der Waals surface area (Å²) in [5.41, 5.74) is 1.81. The van der Waals surface area contributed by atoms with Crippen molar-refractivity contribution in [3.63, 3.8) is 0 Å². The molecular weight excluding hydrogens is 260 g/mol. The molecule has 112 valence electrons. The molecule has 0 bridgehead atoms. The van der Waals surface area contributed by atoms with Gasteiger partial charge in [-0.2, -0.15) is 0 Å². The molecule has 1 atom stereocenters. The summed E-state index contributed by atoms with van der Waals surface area (Å²) in [5, 5.41) is 15.3. The molecule has 0 saturated heterocycles. The standard InChI is InChI=1S/C14H22N2O4/c1-9(4-7-14(18)19)8-15-13(17)6-5-12-10(2)16-20-11(12)3/h9H,4-8H2,1-3H3,(H,15,17)(H,18,19). The Morgan fingerprint density at radius 2 is 2.05 bits per heavy atom. The van der Waals surface area contributed by atoms with Crippen LogP contribution in [0.5, 0.6) is 0 Å². The zero-order valence-electron chi connectivity index (χ0n) is 12.2. The molecule has 1 aromatic heterocycles. The largest absolute Gasteiger partial charge is 0.481 e. The van der Waals surface area contributed by atoms with E-state index in [9.17, 15) is 9.59 Å². The minimum atomic E-state index is -0.804. The maximum atomic E-state index is 11.7. The molecule has 0 aliphatic rings. The third-order valence-corrected chi connectivity index (χ3v) is 3.28. The van der Waals surface area contributed by atoms with Crippen LogP contribution in [-0.2, 0) is 16.0 Å². The van der Waals surface area contributed by atoms with Crippen molar-refractivity contribution in [2.24, 2.45) is 5.92 Å². The first-order chi connectivity index (χ1) is 9.40. The highest BCUT2D eigenvalue weighted by Gasteiger charge is 2.12. The normalized spacial score (nSPS) is 12.2. The number of aryl methyl sites for hydroxylation is 2. The third-order valence-electron chi connectivity index (χ3n) is 3.28. The quantitative estimate of drug-likeness (QED) is 0.759. The van der Waals surface area contributed by atoms with Gasteiger partial charge in [0.15, 0.2) is 0 Å². The van der Waals surface area contributed by atoms with Gasteiger partial charge in [-0.05, 0) is 32.6 Å². The van der Waals surface area contributed by atoms with E-state index in [1.54, 1.807) is 0 Å². The van der Waals surface area contributed by atoms with Crippen molar-refractivity contribution in [2.75, 3.05) is 6.54 Å². The average Bonchev–Trinajstić information content (AvgIpc) is 2.71. The van der Waals surface area contributed by atoms with Gasteiger partial charge in [0.1, 0.15) is 5.76 Å². The number of aromatic nitrogens is 1. The monoisotopic (exact) mass is 282 g/mol. The molecule has 0 aliphatic carbocycles. The maximum absolute atomic E-state index is 11.7. The zero-order valence-corrected chi connectivity index (χ0v) is 12.2. The minimum absolute atomic E-state index is 0.0350. The summed E-state index contributed by atoms with van der Waals surface area (Å²) in [6, 6.07) is 0. The Morgan fingerprint density at radius 1 is 1.35 bits per heavy atom. The molecule has 1 amide bonds. The number of carboxylic acids is 1. The van der Waals surface area contributed by atoms with Crippen LogP contribution in [0.25, 0.3) is 0 Å². The van der Waals surface area contributed by atoms with Crippen molar-refractivity contribution >= 4 is 11.9 Å². The Balaban J connectivity index is 2.25. The third kappa shape index (κ3) is 5.42. The van der Waals surface area contributed by atoms with Crippen LogP contribution in [0, 0.1) is 19.8 Å². The van der Waals surface area contributed by atoms with Crippen molar-refractivity contribution in [2.45, 2.75) is 46.5 Å². The highest BCUT2D eigenvalue weighted by molar-refractivity contribution is 5.76. The molecule has 20 heavy (non-hydrogen) atoms. The van der Waals surface area contributed by atoms with Gasteiger partial charge in [-0.1, -0.05) is 12.1 Å². The fraction of sp³-hybridized carbons (Fsp3) is 0.643. The predicted molar refractivity (Wildman–Crippen MR) is 73.3 cm³/mol. The highest BCUT2D eigenvalue weighted by atomic mass is 16.5. The summed E-state index contributed by atoms with van der Waals surface area (Å²) < 4.78 is 5.04. The lowest BCUT2D eigenvalue weighted by Crippen LogP contribution is -2.28. The SMILES string of the molecule is Cc1noc(C)c1CCC(=O)NCC(C)CCC(=O)O. The Kier molecular flexibility index (Phi) is 6.21. The van der Waals surface area contributed by atoms with Gasteiger partial charge in [-0.3, -0.25) is 9.59 Å². The Morgan fingerprint density at radius 3 is 2.60 bits per heavy atom. The predicted octanol–water partition coefficient (Wildman–Crippen LogP) is 1.84. The second kappa shape index (κ2) is 7.67. The number of nitrogens with one attached hydrogen (secondary N) is 1. The van der Waals surface area contributed by atoms with Crippen LogP contribution in [0.4, 0.5) is 0 Å². The van der Waals surface area contributed by atoms with E-state index in [0.29, 0.717) is 25.8 Å². The van der Waals surface area contributed by atoms with Crippen LogP contribution in [0.2, 0.25) is 0 Å². The molecule has 0 aromatic carbocycles. The molecule has 0 aliphatic heterocycles. The fourth-order valence-electron chi connectivity index (χ4n) is 1.95. The van der Waals surface area contributed by atoms with E-state index in [1.165, 1.54) is 0 Å². The molecule has 1 aromatic rings. The number of carbonyl (C=O) groups excluding carboxylic acids is 1. The molecule has 0 saturated carbocycles. The number of aliphatic carboxylic acids is 1. The lowest BCUT2D eigenvalue weighted by atomic mass is 10.1. The number of hydrogen-bond acceptors (Lipinski definition) is 4. The van der Waals surface area contributed by atoms with Crippen molar-refractivity contribution in [1.29, 1.82) is 0 Å². The van der Waals surface area contributed by atoms with Crippen molar-refractivity contribution in [3.8, 4) is 0 Å². The van der Waals surface area contributed by atoms with Gasteiger partial charge in [0.05, 0.1) is 5.69 Å².